The van der Waals surface area contributed by atoms with Crippen LogP contribution >= 0.6 is 0 Å². The summed E-state index contributed by atoms with van der Waals surface area (Å²) < 4.78 is 41.2. The number of halogens is 3. The number of carbonyl (C=O) groups excluding carboxylic acids is 1. The maximum Gasteiger partial charge on any atom is 0.422 e. The number of alkyl halides is 3. The van der Waals surface area contributed by atoms with Gasteiger partial charge in [-0.05, 0) is 37.3 Å². The number of pyridine rings is 1. The Balaban J connectivity index is 2.05. The molecule has 2 N–H and O–H groups in total. The minimum atomic E-state index is -4.50. The molecule has 0 bridgehead atoms. The Hall–Kier alpha value is -1.83. The van der Waals surface area contributed by atoms with Crippen LogP contribution in [0, 0.1) is 5.92 Å². The van der Waals surface area contributed by atoms with Gasteiger partial charge in [0.1, 0.15) is 5.56 Å². The largest absolute Gasteiger partial charge is 0.467 e. The van der Waals surface area contributed by atoms with Crippen LogP contribution in [0.4, 0.5) is 13.2 Å². The molecule has 1 aliphatic carbocycles. The van der Waals surface area contributed by atoms with E-state index < -0.39 is 18.7 Å². The van der Waals surface area contributed by atoms with E-state index in [9.17, 15) is 18.0 Å². The van der Waals surface area contributed by atoms with Crippen molar-refractivity contribution in [3.8, 4) is 5.88 Å². The summed E-state index contributed by atoms with van der Waals surface area (Å²) in [5.74, 6) is -0.584. The SMILES string of the molecule is O=C(NC(CCO)C1CC1)c1cccnc1OCC(F)(F)F. The van der Waals surface area contributed by atoms with E-state index in [0.29, 0.717) is 12.3 Å². The van der Waals surface area contributed by atoms with Crippen molar-refractivity contribution in [3.05, 3.63) is 23.9 Å². The molecule has 1 heterocycles. The summed E-state index contributed by atoms with van der Waals surface area (Å²) >= 11 is 0. The third-order valence-corrected chi connectivity index (χ3v) is 3.34. The first-order valence-corrected chi connectivity index (χ1v) is 6.97. The molecule has 0 saturated heterocycles. The monoisotopic (exact) mass is 318 g/mol. The van der Waals surface area contributed by atoms with Crippen molar-refractivity contribution in [2.45, 2.75) is 31.5 Å². The number of amides is 1. The summed E-state index contributed by atoms with van der Waals surface area (Å²) in [5, 5.41) is 11.7. The number of ether oxygens (including phenoxy) is 1. The lowest BCUT2D eigenvalue weighted by molar-refractivity contribution is -0.154. The zero-order valence-electron chi connectivity index (χ0n) is 11.8. The van der Waals surface area contributed by atoms with Gasteiger partial charge < -0.3 is 15.2 Å². The van der Waals surface area contributed by atoms with Crippen LogP contribution in [0.3, 0.4) is 0 Å². The first-order valence-electron chi connectivity index (χ1n) is 6.97. The van der Waals surface area contributed by atoms with Gasteiger partial charge in [-0.15, -0.1) is 0 Å². The van der Waals surface area contributed by atoms with Crippen molar-refractivity contribution >= 4 is 5.91 Å². The van der Waals surface area contributed by atoms with E-state index in [1.54, 1.807) is 0 Å². The molecule has 8 heteroatoms. The highest BCUT2D eigenvalue weighted by Crippen LogP contribution is 2.34. The number of aromatic nitrogens is 1. The number of rotatable bonds is 7. The van der Waals surface area contributed by atoms with Gasteiger partial charge in [0.2, 0.25) is 5.88 Å². The van der Waals surface area contributed by atoms with Gasteiger partial charge in [-0.3, -0.25) is 4.79 Å². The van der Waals surface area contributed by atoms with Crippen molar-refractivity contribution < 1.29 is 27.8 Å². The second kappa shape index (κ2) is 6.95. The van der Waals surface area contributed by atoms with Gasteiger partial charge in [0.05, 0.1) is 0 Å². The van der Waals surface area contributed by atoms with Crippen LogP contribution in [-0.4, -0.2) is 41.4 Å². The fourth-order valence-electron chi connectivity index (χ4n) is 2.14. The molecule has 1 aromatic heterocycles. The number of nitrogens with zero attached hydrogens (tertiary/aromatic N) is 1. The lowest BCUT2D eigenvalue weighted by Gasteiger charge is -2.18. The summed E-state index contributed by atoms with van der Waals surface area (Å²) in [6.45, 7) is -1.57. The molecule has 1 atom stereocenters. The zero-order chi connectivity index (χ0) is 16.2. The van der Waals surface area contributed by atoms with E-state index in [2.05, 4.69) is 15.0 Å². The van der Waals surface area contributed by atoms with Crippen LogP contribution in [0.1, 0.15) is 29.6 Å². The average molecular weight is 318 g/mol. The molecule has 1 amide bonds. The molecule has 1 aliphatic rings. The average Bonchev–Trinajstić information content (AvgIpc) is 3.28. The molecular formula is C14H17F3N2O3. The summed E-state index contributed by atoms with van der Waals surface area (Å²) in [5.41, 5.74) is -0.0460. The summed E-state index contributed by atoms with van der Waals surface area (Å²) in [7, 11) is 0. The fourth-order valence-corrected chi connectivity index (χ4v) is 2.14. The van der Waals surface area contributed by atoms with Crippen molar-refractivity contribution in [1.29, 1.82) is 0 Å². The molecule has 5 nitrogen and oxygen atoms in total. The molecule has 1 fully saturated rings. The summed E-state index contributed by atoms with van der Waals surface area (Å²) in [6.07, 6.45) is -0.895. The van der Waals surface area contributed by atoms with Crippen LogP contribution in [0.25, 0.3) is 0 Å². The number of aliphatic hydroxyl groups excluding tert-OH is 1. The van der Waals surface area contributed by atoms with Crippen molar-refractivity contribution in [2.75, 3.05) is 13.2 Å². The second-order valence-corrected chi connectivity index (χ2v) is 5.19. The number of carbonyl (C=O) groups is 1. The Morgan fingerprint density at radius 2 is 2.23 bits per heavy atom. The van der Waals surface area contributed by atoms with Crippen LogP contribution in [-0.2, 0) is 0 Å². The van der Waals surface area contributed by atoms with Crippen LogP contribution in [0.2, 0.25) is 0 Å². The quantitative estimate of drug-likeness (QED) is 0.806. The molecular weight excluding hydrogens is 301 g/mol. The Labute approximate surface area is 125 Å². The van der Waals surface area contributed by atoms with Crippen molar-refractivity contribution in [1.82, 2.24) is 10.3 Å². The third-order valence-electron chi connectivity index (χ3n) is 3.34. The number of hydrogen-bond donors (Lipinski definition) is 2. The second-order valence-electron chi connectivity index (χ2n) is 5.19. The Kier molecular flexibility index (Phi) is 5.23. The molecule has 0 radical (unpaired) electrons. The molecule has 1 saturated carbocycles. The number of nitrogens with one attached hydrogen (secondary N) is 1. The maximum absolute atomic E-state index is 12.2. The van der Waals surface area contributed by atoms with E-state index in [1.165, 1.54) is 18.3 Å². The molecule has 122 valence electrons. The molecule has 1 unspecified atom stereocenters. The smallest absolute Gasteiger partial charge is 0.422 e. The van der Waals surface area contributed by atoms with Gasteiger partial charge in [0.15, 0.2) is 6.61 Å². The summed E-state index contributed by atoms with van der Waals surface area (Å²) in [4.78, 5) is 15.9. The van der Waals surface area contributed by atoms with Crippen molar-refractivity contribution in [2.24, 2.45) is 5.92 Å². The highest BCUT2D eigenvalue weighted by molar-refractivity contribution is 5.96. The highest BCUT2D eigenvalue weighted by atomic mass is 19.4. The zero-order valence-corrected chi connectivity index (χ0v) is 11.8. The first-order chi connectivity index (χ1) is 10.4. The van der Waals surface area contributed by atoms with E-state index in [4.69, 9.17) is 5.11 Å². The summed E-state index contributed by atoms with van der Waals surface area (Å²) in [6, 6.07) is 2.62. The van der Waals surface area contributed by atoms with Crippen LogP contribution in [0.5, 0.6) is 5.88 Å². The van der Waals surface area contributed by atoms with Gasteiger partial charge in [0, 0.05) is 18.8 Å². The maximum atomic E-state index is 12.2. The van der Waals surface area contributed by atoms with Gasteiger partial charge in [-0.1, -0.05) is 0 Å². The molecule has 0 aliphatic heterocycles. The standard InChI is InChI=1S/C14H17F3N2O3/c15-14(16,17)8-22-13-10(2-1-6-18-13)12(21)19-11(5-7-20)9-3-4-9/h1-2,6,9,11,20H,3-5,7-8H2,(H,19,21). The lowest BCUT2D eigenvalue weighted by Crippen LogP contribution is -2.37. The van der Waals surface area contributed by atoms with E-state index >= 15 is 0 Å². The normalized spacial score (nSPS) is 16.2. The molecule has 0 aromatic carbocycles. The minimum absolute atomic E-state index is 0.0460. The topological polar surface area (TPSA) is 71.5 Å². The number of aliphatic hydroxyl groups is 1. The van der Waals surface area contributed by atoms with Gasteiger partial charge in [0.25, 0.3) is 5.91 Å². The minimum Gasteiger partial charge on any atom is -0.467 e. The van der Waals surface area contributed by atoms with Gasteiger partial charge in [-0.25, -0.2) is 4.98 Å². The first kappa shape index (κ1) is 16.5. The lowest BCUT2D eigenvalue weighted by atomic mass is 10.1. The van der Waals surface area contributed by atoms with Gasteiger partial charge >= 0.3 is 6.18 Å². The van der Waals surface area contributed by atoms with Crippen LogP contribution in [0.15, 0.2) is 18.3 Å². The van der Waals surface area contributed by atoms with Crippen molar-refractivity contribution in [3.63, 3.8) is 0 Å². The Bertz CT molecular complexity index is 518. The number of hydrogen-bond acceptors (Lipinski definition) is 4. The molecule has 2 rings (SSSR count). The predicted octanol–water partition coefficient (Wildman–Crippen LogP) is 1.91. The van der Waals surface area contributed by atoms with E-state index in [1.807, 2.05) is 0 Å². The van der Waals surface area contributed by atoms with Gasteiger partial charge in [-0.2, -0.15) is 13.2 Å². The highest BCUT2D eigenvalue weighted by Gasteiger charge is 2.33. The predicted molar refractivity (Wildman–Crippen MR) is 71.5 cm³/mol. The molecule has 22 heavy (non-hydrogen) atoms. The molecule has 1 aromatic rings. The van der Waals surface area contributed by atoms with Crippen LogP contribution < -0.4 is 10.1 Å². The Morgan fingerprint density at radius 1 is 1.50 bits per heavy atom. The van der Waals surface area contributed by atoms with E-state index in [-0.39, 0.29) is 24.1 Å². The third kappa shape index (κ3) is 4.87. The fraction of sp³-hybridized carbons (Fsp3) is 0.571. The Morgan fingerprint density at radius 3 is 2.82 bits per heavy atom. The molecule has 0 spiro atoms. The van der Waals surface area contributed by atoms with E-state index in [0.717, 1.165) is 12.8 Å².